The van der Waals surface area contributed by atoms with E-state index in [0.717, 1.165) is 21.3 Å². The van der Waals surface area contributed by atoms with Gasteiger partial charge in [-0.1, -0.05) is 58.4 Å². The number of anilines is 1. The van der Waals surface area contributed by atoms with Gasteiger partial charge in [-0.15, -0.1) is 0 Å². The highest BCUT2D eigenvalue weighted by atomic mass is 79.9. The molecule has 2 aromatic rings. The lowest BCUT2D eigenvalue weighted by Crippen LogP contribution is -1.87. The molecular formula is C14H12BrN. The lowest BCUT2D eigenvalue weighted by atomic mass is 10.1. The monoisotopic (exact) mass is 273 g/mol. The Morgan fingerprint density at radius 3 is 2.25 bits per heavy atom. The minimum atomic E-state index is 0.802. The average molecular weight is 274 g/mol. The van der Waals surface area contributed by atoms with Crippen LogP contribution in [0.15, 0.2) is 53.0 Å². The minimum Gasteiger partial charge on any atom is -0.398 e. The van der Waals surface area contributed by atoms with E-state index in [1.54, 1.807) is 0 Å². The van der Waals surface area contributed by atoms with Crippen molar-refractivity contribution >= 4 is 33.8 Å². The highest BCUT2D eigenvalue weighted by Gasteiger charge is 1.92. The van der Waals surface area contributed by atoms with Crippen LogP contribution in [0.4, 0.5) is 5.69 Å². The molecule has 16 heavy (non-hydrogen) atoms. The van der Waals surface area contributed by atoms with Crippen LogP contribution >= 0.6 is 15.9 Å². The summed E-state index contributed by atoms with van der Waals surface area (Å²) in [4.78, 5) is 0. The van der Waals surface area contributed by atoms with E-state index in [0.29, 0.717) is 0 Å². The smallest absolute Gasteiger partial charge is 0.0387 e. The maximum Gasteiger partial charge on any atom is 0.0387 e. The Morgan fingerprint density at radius 1 is 0.875 bits per heavy atom. The molecule has 0 heterocycles. The van der Waals surface area contributed by atoms with Crippen molar-refractivity contribution in [3.8, 4) is 0 Å². The summed E-state index contributed by atoms with van der Waals surface area (Å²) in [5.41, 5.74) is 8.86. The molecule has 0 aliphatic heterocycles. The van der Waals surface area contributed by atoms with Crippen molar-refractivity contribution in [3.05, 3.63) is 64.1 Å². The van der Waals surface area contributed by atoms with Crippen molar-refractivity contribution in [2.75, 3.05) is 5.73 Å². The third-order valence-corrected chi connectivity index (χ3v) is 2.85. The minimum absolute atomic E-state index is 0.802. The third-order valence-electron chi connectivity index (χ3n) is 2.32. The van der Waals surface area contributed by atoms with Gasteiger partial charge in [-0.3, -0.25) is 0 Å². The van der Waals surface area contributed by atoms with Gasteiger partial charge in [0, 0.05) is 10.2 Å². The molecule has 0 unspecified atom stereocenters. The molecule has 0 saturated carbocycles. The molecule has 2 rings (SSSR count). The molecule has 0 aliphatic carbocycles. The third kappa shape index (κ3) is 2.74. The Kier molecular flexibility index (Phi) is 3.42. The summed E-state index contributed by atoms with van der Waals surface area (Å²) in [5, 5.41) is 0. The summed E-state index contributed by atoms with van der Waals surface area (Å²) < 4.78 is 1.09. The first-order valence-electron chi connectivity index (χ1n) is 5.04. The molecule has 0 aromatic heterocycles. The number of benzene rings is 2. The summed E-state index contributed by atoms with van der Waals surface area (Å²) in [5.74, 6) is 0. The van der Waals surface area contributed by atoms with E-state index in [-0.39, 0.29) is 0 Å². The van der Waals surface area contributed by atoms with Gasteiger partial charge in [0.2, 0.25) is 0 Å². The normalized spacial score (nSPS) is 10.8. The zero-order chi connectivity index (χ0) is 11.4. The molecular weight excluding hydrogens is 262 g/mol. The molecule has 1 nitrogen and oxygen atoms in total. The number of rotatable bonds is 2. The lowest BCUT2D eigenvalue weighted by Gasteiger charge is -1.98. The number of hydrogen-bond donors (Lipinski definition) is 1. The fourth-order valence-corrected chi connectivity index (χ4v) is 1.69. The van der Waals surface area contributed by atoms with Crippen LogP contribution in [-0.2, 0) is 0 Å². The number of nitrogens with two attached hydrogens (primary N) is 1. The first-order valence-corrected chi connectivity index (χ1v) is 5.83. The van der Waals surface area contributed by atoms with Gasteiger partial charge in [0.25, 0.3) is 0 Å². The second-order valence-electron chi connectivity index (χ2n) is 3.51. The van der Waals surface area contributed by atoms with Gasteiger partial charge < -0.3 is 5.73 Å². The number of nitrogen functional groups attached to an aromatic ring is 1. The van der Waals surface area contributed by atoms with E-state index in [2.05, 4.69) is 34.1 Å². The van der Waals surface area contributed by atoms with Crippen LogP contribution in [0.25, 0.3) is 12.2 Å². The molecule has 80 valence electrons. The van der Waals surface area contributed by atoms with Crippen LogP contribution in [0.3, 0.4) is 0 Å². The fourth-order valence-electron chi connectivity index (χ4n) is 1.42. The zero-order valence-electron chi connectivity index (χ0n) is 8.73. The van der Waals surface area contributed by atoms with Gasteiger partial charge in [-0.05, 0) is 29.3 Å². The zero-order valence-corrected chi connectivity index (χ0v) is 10.3. The Labute approximate surface area is 104 Å². The van der Waals surface area contributed by atoms with Gasteiger partial charge in [0.05, 0.1) is 0 Å². The van der Waals surface area contributed by atoms with Crippen molar-refractivity contribution < 1.29 is 0 Å². The highest BCUT2D eigenvalue weighted by molar-refractivity contribution is 9.10. The topological polar surface area (TPSA) is 26.0 Å². The molecule has 0 saturated heterocycles. The molecule has 0 atom stereocenters. The van der Waals surface area contributed by atoms with Crippen molar-refractivity contribution in [2.24, 2.45) is 0 Å². The van der Waals surface area contributed by atoms with E-state index in [4.69, 9.17) is 5.73 Å². The Balaban J connectivity index is 2.21. The molecule has 2 heteroatoms. The summed E-state index contributed by atoms with van der Waals surface area (Å²) in [6, 6.07) is 16.0. The van der Waals surface area contributed by atoms with Gasteiger partial charge >= 0.3 is 0 Å². The van der Waals surface area contributed by atoms with Crippen LogP contribution in [0.1, 0.15) is 11.1 Å². The maximum absolute atomic E-state index is 5.85. The first-order chi connectivity index (χ1) is 7.75. The molecule has 0 fully saturated rings. The SMILES string of the molecule is Nc1ccccc1/C=C/c1ccc(Br)cc1. The second kappa shape index (κ2) is 4.99. The van der Waals surface area contributed by atoms with Crippen molar-refractivity contribution in [1.82, 2.24) is 0 Å². The standard InChI is InChI=1S/C14H12BrN/c15-13-9-6-11(7-10-13)5-8-12-3-1-2-4-14(12)16/h1-10H,16H2/b8-5+. The molecule has 0 radical (unpaired) electrons. The average Bonchev–Trinajstić information content (AvgIpc) is 2.30. The number of para-hydroxylation sites is 1. The summed E-state index contributed by atoms with van der Waals surface area (Å²) >= 11 is 3.41. The quantitative estimate of drug-likeness (QED) is 0.644. The fraction of sp³-hybridized carbons (Fsp3) is 0. The Bertz CT molecular complexity index is 500. The molecule has 0 spiro atoms. The van der Waals surface area contributed by atoms with Crippen LogP contribution in [0.2, 0.25) is 0 Å². The highest BCUT2D eigenvalue weighted by Crippen LogP contribution is 2.16. The lowest BCUT2D eigenvalue weighted by molar-refractivity contribution is 1.61. The second-order valence-corrected chi connectivity index (χ2v) is 4.43. The van der Waals surface area contributed by atoms with Crippen molar-refractivity contribution in [3.63, 3.8) is 0 Å². The largest absolute Gasteiger partial charge is 0.398 e. The van der Waals surface area contributed by atoms with Crippen molar-refractivity contribution in [1.29, 1.82) is 0 Å². The number of hydrogen-bond acceptors (Lipinski definition) is 1. The van der Waals surface area contributed by atoms with E-state index in [1.807, 2.05) is 42.5 Å². The van der Waals surface area contributed by atoms with E-state index in [9.17, 15) is 0 Å². The van der Waals surface area contributed by atoms with Crippen LogP contribution in [0.5, 0.6) is 0 Å². The van der Waals surface area contributed by atoms with E-state index < -0.39 is 0 Å². The van der Waals surface area contributed by atoms with Crippen LogP contribution in [-0.4, -0.2) is 0 Å². The van der Waals surface area contributed by atoms with E-state index >= 15 is 0 Å². The molecule has 2 aromatic carbocycles. The summed E-state index contributed by atoms with van der Waals surface area (Å²) in [7, 11) is 0. The summed E-state index contributed by atoms with van der Waals surface area (Å²) in [6.07, 6.45) is 4.08. The van der Waals surface area contributed by atoms with Crippen molar-refractivity contribution in [2.45, 2.75) is 0 Å². The predicted molar refractivity (Wildman–Crippen MR) is 73.9 cm³/mol. The Hall–Kier alpha value is -1.54. The summed E-state index contributed by atoms with van der Waals surface area (Å²) in [6.45, 7) is 0. The first kappa shape index (κ1) is 11.0. The van der Waals surface area contributed by atoms with Crippen LogP contribution < -0.4 is 5.73 Å². The molecule has 0 bridgehead atoms. The van der Waals surface area contributed by atoms with E-state index in [1.165, 1.54) is 0 Å². The van der Waals surface area contributed by atoms with Gasteiger partial charge in [-0.25, -0.2) is 0 Å². The predicted octanol–water partition coefficient (Wildman–Crippen LogP) is 4.20. The Morgan fingerprint density at radius 2 is 1.56 bits per heavy atom. The molecule has 0 aliphatic rings. The van der Waals surface area contributed by atoms with Crippen LogP contribution in [0, 0.1) is 0 Å². The van der Waals surface area contributed by atoms with Gasteiger partial charge in [0.15, 0.2) is 0 Å². The number of halogens is 1. The van der Waals surface area contributed by atoms with Gasteiger partial charge in [-0.2, -0.15) is 0 Å². The molecule has 2 N–H and O–H groups in total. The molecule has 0 amide bonds. The van der Waals surface area contributed by atoms with Gasteiger partial charge in [0.1, 0.15) is 0 Å². The maximum atomic E-state index is 5.85.